The van der Waals surface area contributed by atoms with Gasteiger partial charge in [-0.05, 0) is 36.6 Å². The quantitative estimate of drug-likeness (QED) is 0.628. The lowest BCUT2D eigenvalue weighted by Gasteiger charge is -2.29. The molecule has 0 spiro atoms. The van der Waals surface area contributed by atoms with Crippen molar-refractivity contribution in [1.29, 1.82) is 0 Å². The lowest BCUT2D eigenvalue weighted by atomic mass is 10.0. The number of non-ortho nitro benzene ring substituents is 1. The van der Waals surface area contributed by atoms with Gasteiger partial charge < -0.3 is 10.2 Å². The highest BCUT2D eigenvalue weighted by Gasteiger charge is 2.22. The molecule has 0 fully saturated rings. The number of anilines is 2. The lowest BCUT2D eigenvalue weighted by Crippen LogP contribution is -2.35. The summed E-state index contributed by atoms with van der Waals surface area (Å²) in [4.78, 5) is 36.8. The van der Waals surface area contributed by atoms with Crippen LogP contribution in [-0.4, -0.2) is 23.3 Å². The zero-order valence-corrected chi connectivity index (χ0v) is 15.5. The molecule has 2 amide bonds. The highest BCUT2D eigenvalue weighted by molar-refractivity contribution is 6.34. The number of amides is 2. The predicted octanol–water partition coefficient (Wildman–Crippen LogP) is 4.19. The van der Waals surface area contributed by atoms with Gasteiger partial charge in [0.2, 0.25) is 5.91 Å². The van der Waals surface area contributed by atoms with E-state index in [1.54, 1.807) is 17.0 Å². The standard InChI is InChI=1S/C19H18ClN3O4/c1-2-18(24)22-9-3-4-12-5-6-13(10-17(12)22)21-19(25)15-11-14(23(26)27)7-8-16(15)20/h5-8,10-11H,2-4,9H2,1H3,(H,21,25). The van der Waals surface area contributed by atoms with Crippen molar-refractivity contribution in [3.8, 4) is 0 Å². The maximum absolute atomic E-state index is 12.6. The number of nitrogens with zero attached hydrogens (tertiary/aromatic N) is 2. The van der Waals surface area contributed by atoms with E-state index in [1.807, 2.05) is 13.0 Å². The first kappa shape index (κ1) is 18.8. The molecular formula is C19H18ClN3O4. The van der Waals surface area contributed by atoms with Crippen LogP contribution in [0.15, 0.2) is 36.4 Å². The van der Waals surface area contributed by atoms with Crippen LogP contribution in [0.2, 0.25) is 5.02 Å². The van der Waals surface area contributed by atoms with Gasteiger partial charge in [0.05, 0.1) is 15.5 Å². The Morgan fingerprint density at radius 2 is 2.04 bits per heavy atom. The second-order valence-electron chi connectivity index (χ2n) is 6.22. The second kappa shape index (κ2) is 7.75. The van der Waals surface area contributed by atoms with Gasteiger partial charge in [0.15, 0.2) is 0 Å². The van der Waals surface area contributed by atoms with Crippen molar-refractivity contribution in [3.63, 3.8) is 0 Å². The third kappa shape index (κ3) is 3.93. The molecule has 3 rings (SSSR count). The minimum absolute atomic E-state index is 0.0186. The van der Waals surface area contributed by atoms with Gasteiger partial charge in [0.1, 0.15) is 0 Å². The number of halogens is 1. The molecule has 1 aliphatic heterocycles. The molecule has 2 aromatic rings. The minimum Gasteiger partial charge on any atom is -0.322 e. The summed E-state index contributed by atoms with van der Waals surface area (Å²) in [6.45, 7) is 2.46. The van der Waals surface area contributed by atoms with Crippen LogP contribution in [0, 0.1) is 10.1 Å². The van der Waals surface area contributed by atoms with Crippen LogP contribution in [0.5, 0.6) is 0 Å². The first-order valence-corrected chi connectivity index (χ1v) is 8.97. The van der Waals surface area contributed by atoms with Crippen molar-refractivity contribution in [2.75, 3.05) is 16.8 Å². The van der Waals surface area contributed by atoms with E-state index in [1.165, 1.54) is 12.1 Å². The molecule has 0 radical (unpaired) electrons. The number of aryl methyl sites for hydroxylation is 1. The summed E-state index contributed by atoms with van der Waals surface area (Å²) in [6, 6.07) is 9.10. The smallest absolute Gasteiger partial charge is 0.270 e. The second-order valence-corrected chi connectivity index (χ2v) is 6.63. The number of benzene rings is 2. The molecule has 0 atom stereocenters. The van der Waals surface area contributed by atoms with Crippen LogP contribution in [-0.2, 0) is 11.2 Å². The fourth-order valence-corrected chi connectivity index (χ4v) is 3.30. The number of nitro groups is 1. The van der Waals surface area contributed by atoms with Gasteiger partial charge in [-0.3, -0.25) is 19.7 Å². The third-order valence-electron chi connectivity index (χ3n) is 4.47. The number of hydrogen-bond acceptors (Lipinski definition) is 4. The van der Waals surface area contributed by atoms with Gasteiger partial charge in [-0.25, -0.2) is 0 Å². The van der Waals surface area contributed by atoms with Crippen molar-refractivity contribution in [2.24, 2.45) is 0 Å². The first-order chi connectivity index (χ1) is 12.9. The molecule has 2 aromatic carbocycles. The van der Waals surface area contributed by atoms with Crippen molar-refractivity contribution in [3.05, 3.63) is 62.7 Å². The molecule has 7 nitrogen and oxygen atoms in total. The summed E-state index contributed by atoms with van der Waals surface area (Å²) in [5.74, 6) is -0.519. The number of carbonyl (C=O) groups excluding carboxylic acids is 2. The minimum atomic E-state index is -0.583. The summed E-state index contributed by atoms with van der Waals surface area (Å²) in [5, 5.41) is 13.8. The van der Waals surface area contributed by atoms with Crippen molar-refractivity contribution < 1.29 is 14.5 Å². The van der Waals surface area contributed by atoms with E-state index in [2.05, 4.69) is 5.32 Å². The van der Waals surface area contributed by atoms with Gasteiger partial charge in [0.25, 0.3) is 11.6 Å². The fraction of sp³-hybridized carbons (Fsp3) is 0.263. The maximum atomic E-state index is 12.6. The van der Waals surface area contributed by atoms with Crippen LogP contribution >= 0.6 is 11.6 Å². The predicted molar refractivity (Wildman–Crippen MR) is 103 cm³/mol. The molecule has 0 saturated heterocycles. The molecule has 1 aliphatic rings. The van der Waals surface area contributed by atoms with E-state index in [4.69, 9.17) is 11.6 Å². The van der Waals surface area contributed by atoms with Gasteiger partial charge >= 0.3 is 0 Å². The van der Waals surface area contributed by atoms with Crippen LogP contribution in [0.1, 0.15) is 35.7 Å². The van der Waals surface area contributed by atoms with Gasteiger partial charge in [0, 0.05) is 36.5 Å². The van der Waals surface area contributed by atoms with E-state index >= 15 is 0 Å². The normalized spacial score (nSPS) is 13.0. The van der Waals surface area contributed by atoms with E-state index in [0.29, 0.717) is 18.7 Å². The molecule has 0 bridgehead atoms. The molecule has 0 saturated carbocycles. The van der Waals surface area contributed by atoms with Crippen LogP contribution in [0.3, 0.4) is 0 Å². The summed E-state index contributed by atoms with van der Waals surface area (Å²) >= 11 is 6.02. The van der Waals surface area contributed by atoms with Gasteiger partial charge in [-0.15, -0.1) is 0 Å². The van der Waals surface area contributed by atoms with Crippen LogP contribution in [0.25, 0.3) is 0 Å². The van der Waals surface area contributed by atoms with E-state index in [-0.39, 0.29) is 22.2 Å². The summed E-state index contributed by atoms with van der Waals surface area (Å²) in [7, 11) is 0. The Bertz CT molecular complexity index is 929. The number of hydrogen-bond donors (Lipinski definition) is 1. The highest BCUT2D eigenvalue weighted by atomic mass is 35.5. The molecule has 1 N–H and O–H groups in total. The Morgan fingerprint density at radius 3 is 2.74 bits per heavy atom. The monoisotopic (exact) mass is 387 g/mol. The largest absolute Gasteiger partial charge is 0.322 e. The zero-order chi connectivity index (χ0) is 19.6. The average molecular weight is 388 g/mol. The van der Waals surface area contributed by atoms with Gasteiger partial charge in [-0.2, -0.15) is 0 Å². The Morgan fingerprint density at radius 1 is 1.26 bits per heavy atom. The summed E-state index contributed by atoms with van der Waals surface area (Å²) in [6.07, 6.45) is 2.17. The molecular weight excluding hydrogens is 370 g/mol. The summed E-state index contributed by atoms with van der Waals surface area (Å²) in [5.41, 5.74) is 2.14. The van der Waals surface area contributed by atoms with Crippen LogP contribution in [0.4, 0.5) is 17.1 Å². The maximum Gasteiger partial charge on any atom is 0.270 e. The average Bonchev–Trinajstić information content (AvgIpc) is 2.66. The molecule has 0 aromatic heterocycles. The highest BCUT2D eigenvalue weighted by Crippen LogP contribution is 2.31. The SMILES string of the molecule is CCC(=O)N1CCCc2ccc(NC(=O)c3cc([N+](=O)[O-])ccc3Cl)cc21. The van der Waals surface area contributed by atoms with Gasteiger partial charge in [-0.1, -0.05) is 24.6 Å². The van der Waals surface area contributed by atoms with E-state index < -0.39 is 10.8 Å². The molecule has 0 unspecified atom stereocenters. The lowest BCUT2D eigenvalue weighted by molar-refractivity contribution is -0.384. The number of carbonyl (C=O) groups is 2. The zero-order valence-electron chi connectivity index (χ0n) is 14.7. The Balaban J connectivity index is 1.88. The number of nitrogens with one attached hydrogen (secondary N) is 1. The topological polar surface area (TPSA) is 92.6 Å². The van der Waals surface area contributed by atoms with E-state index in [9.17, 15) is 19.7 Å². The third-order valence-corrected chi connectivity index (χ3v) is 4.80. The molecule has 27 heavy (non-hydrogen) atoms. The first-order valence-electron chi connectivity index (χ1n) is 8.59. The molecule has 1 heterocycles. The Labute approximate surface area is 161 Å². The van der Waals surface area contributed by atoms with Crippen LogP contribution < -0.4 is 10.2 Å². The van der Waals surface area contributed by atoms with E-state index in [0.717, 1.165) is 30.2 Å². The Kier molecular flexibility index (Phi) is 5.41. The fourth-order valence-electron chi connectivity index (χ4n) is 3.10. The summed E-state index contributed by atoms with van der Waals surface area (Å²) < 4.78 is 0. The molecule has 8 heteroatoms. The molecule has 0 aliphatic carbocycles. The number of rotatable bonds is 4. The number of fused-ring (bicyclic) bond motifs is 1. The van der Waals surface area contributed by atoms with Crippen molar-refractivity contribution in [1.82, 2.24) is 0 Å². The Hall–Kier alpha value is -2.93. The number of nitro benzene ring substituents is 1. The van der Waals surface area contributed by atoms with Crippen molar-refractivity contribution in [2.45, 2.75) is 26.2 Å². The molecule has 140 valence electrons. The van der Waals surface area contributed by atoms with Crippen molar-refractivity contribution >= 4 is 40.5 Å².